The molecular formula is C36H59NO2. The van der Waals surface area contributed by atoms with Crippen molar-refractivity contribution in [3.63, 3.8) is 0 Å². The molecule has 3 heteroatoms. The molecule has 0 radical (unpaired) electrons. The number of allylic oxidation sites excluding steroid dienone is 1. The van der Waals surface area contributed by atoms with E-state index in [1.165, 1.54) is 70.9 Å². The Morgan fingerprint density at radius 1 is 0.872 bits per heavy atom. The van der Waals surface area contributed by atoms with E-state index in [0.29, 0.717) is 33.9 Å². The van der Waals surface area contributed by atoms with E-state index in [4.69, 9.17) is 11.3 Å². The number of carbonyl (C=O) groups is 1. The highest BCUT2D eigenvalue weighted by molar-refractivity contribution is 5.85. The van der Waals surface area contributed by atoms with Gasteiger partial charge in [-0.25, -0.2) is 0 Å². The van der Waals surface area contributed by atoms with Crippen LogP contribution in [0.15, 0.2) is 12.2 Å². The van der Waals surface area contributed by atoms with E-state index in [1.807, 2.05) is 0 Å². The molecule has 0 unspecified atom stereocenters. The van der Waals surface area contributed by atoms with Crippen LogP contribution in [0, 0.1) is 50.2 Å². The van der Waals surface area contributed by atoms with E-state index in [-0.39, 0.29) is 22.3 Å². The van der Waals surface area contributed by atoms with Crippen molar-refractivity contribution < 1.29 is 9.53 Å². The van der Waals surface area contributed by atoms with E-state index < -0.39 is 0 Å². The third kappa shape index (κ3) is 3.83. The van der Waals surface area contributed by atoms with Gasteiger partial charge >= 0.3 is 0 Å². The summed E-state index contributed by atoms with van der Waals surface area (Å²) in [6.45, 7) is 26.6. The average Bonchev–Trinajstić information content (AvgIpc) is 3.45. The highest BCUT2D eigenvalue weighted by Crippen LogP contribution is 2.77. The number of hydrogen-bond donors (Lipinski definition) is 0. The van der Waals surface area contributed by atoms with Gasteiger partial charge in [0.25, 0.3) is 0 Å². The zero-order chi connectivity index (χ0) is 28.1. The summed E-state index contributed by atoms with van der Waals surface area (Å²) in [5.41, 5.74) is 2.73. The van der Waals surface area contributed by atoms with Crippen molar-refractivity contribution in [3.05, 3.63) is 12.2 Å². The van der Waals surface area contributed by atoms with Gasteiger partial charge in [0.1, 0.15) is 5.78 Å². The number of hydrogen-bond acceptors (Lipinski definition) is 3. The minimum absolute atomic E-state index is 0.169. The van der Waals surface area contributed by atoms with Crippen molar-refractivity contribution in [2.45, 2.75) is 132 Å². The topological polar surface area (TPSA) is 29.5 Å². The van der Waals surface area contributed by atoms with Gasteiger partial charge < -0.3 is 9.64 Å². The average molecular weight is 538 g/mol. The normalized spacial score (nSPS) is 49.1. The second-order valence-electron chi connectivity index (χ2n) is 17.2. The lowest BCUT2D eigenvalue weighted by atomic mass is 9.32. The summed E-state index contributed by atoms with van der Waals surface area (Å²) in [6.07, 6.45) is 15.0. The first kappa shape index (κ1) is 28.4. The number of nitrogens with zero attached hydrogens (tertiary/aromatic N) is 1. The Labute approximate surface area is 240 Å². The Bertz CT molecular complexity index is 1010. The molecule has 0 amide bonds. The molecule has 39 heavy (non-hydrogen) atoms. The molecule has 1 aliphatic heterocycles. The van der Waals surface area contributed by atoms with Gasteiger partial charge in [-0.3, -0.25) is 4.79 Å². The minimum atomic E-state index is -0.299. The molecule has 3 nitrogen and oxygen atoms in total. The van der Waals surface area contributed by atoms with E-state index >= 15 is 0 Å². The minimum Gasteiger partial charge on any atom is -0.377 e. The summed E-state index contributed by atoms with van der Waals surface area (Å²) in [5, 5.41) is 0. The summed E-state index contributed by atoms with van der Waals surface area (Å²) in [6, 6.07) is 0. The fourth-order valence-corrected chi connectivity index (χ4v) is 12.6. The lowest BCUT2D eigenvalue weighted by Gasteiger charge is -2.73. The Morgan fingerprint density at radius 2 is 1.59 bits per heavy atom. The van der Waals surface area contributed by atoms with E-state index in [1.54, 1.807) is 5.57 Å². The van der Waals surface area contributed by atoms with Gasteiger partial charge in [-0.1, -0.05) is 60.6 Å². The van der Waals surface area contributed by atoms with Gasteiger partial charge in [0.15, 0.2) is 0 Å². The second kappa shape index (κ2) is 9.16. The summed E-state index contributed by atoms with van der Waals surface area (Å²) in [5.74, 6) is 2.25. The summed E-state index contributed by atoms with van der Waals surface area (Å²) >= 11 is 0. The summed E-state index contributed by atoms with van der Waals surface area (Å²) in [7, 11) is 0. The van der Waals surface area contributed by atoms with E-state index in [9.17, 15) is 4.79 Å². The third-order valence-corrected chi connectivity index (χ3v) is 15.3. The summed E-state index contributed by atoms with van der Waals surface area (Å²) < 4.78 is 7.04. The molecule has 6 rings (SSSR count). The molecule has 0 aromatic carbocycles. The van der Waals surface area contributed by atoms with Gasteiger partial charge in [0, 0.05) is 24.3 Å². The van der Waals surface area contributed by atoms with Gasteiger partial charge in [0.2, 0.25) is 0 Å². The Hall–Kier alpha value is -0.670. The van der Waals surface area contributed by atoms with Gasteiger partial charge in [0.05, 0.1) is 12.7 Å². The number of ketones is 1. The Morgan fingerprint density at radius 3 is 2.26 bits per heavy atom. The molecule has 0 bridgehead atoms. The van der Waals surface area contributed by atoms with Crippen molar-refractivity contribution in [2.75, 3.05) is 26.2 Å². The molecule has 0 aromatic rings. The third-order valence-electron chi connectivity index (χ3n) is 15.3. The van der Waals surface area contributed by atoms with Crippen LogP contribution < -0.4 is 0 Å². The van der Waals surface area contributed by atoms with Crippen LogP contribution in [-0.2, 0) is 9.53 Å². The quantitative estimate of drug-likeness (QED) is 0.337. The van der Waals surface area contributed by atoms with E-state index in [2.05, 4.69) is 53.4 Å². The zero-order valence-corrected chi connectivity index (χ0v) is 26.6. The number of rotatable bonds is 4. The number of carbonyl (C=O) groups excluding carboxylic acids is 1. The molecular weight excluding hydrogens is 478 g/mol. The van der Waals surface area contributed by atoms with Crippen molar-refractivity contribution >= 4 is 5.78 Å². The monoisotopic (exact) mass is 537 g/mol. The molecule has 0 N–H and O–H groups in total. The maximum absolute atomic E-state index is 13.4. The highest BCUT2D eigenvalue weighted by Gasteiger charge is 2.71. The Balaban J connectivity index is 1.34. The molecule has 8 atom stereocenters. The standard InChI is InChI=1S/C36H59NO2/c1-25-13-15-31(2,3)36(25)18-17-34(7)26(23-36)11-12-28-33(6)16-14-29(38)32(4,5)30(33)27(24-35(28,34)8)39-22-21-37-19-9-10-20-37/h26-28,30H,1,9-24H2,2-8H3/t26-,27-,28-,30+,33-,34-,35-,36-/m1/s1. The zero-order valence-electron chi connectivity index (χ0n) is 26.6. The van der Waals surface area contributed by atoms with Crippen LogP contribution in [0.3, 0.4) is 0 Å². The molecule has 220 valence electrons. The molecule has 1 spiro atoms. The molecule has 0 aromatic heterocycles. The largest absolute Gasteiger partial charge is 0.377 e. The van der Waals surface area contributed by atoms with Crippen molar-refractivity contribution in [1.29, 1.82) is 0 Å². The van der Waals surface area contributed by atoms with Crippen LogP contribution >= 0.6 is 0 Å². The first-order valence-corrected chi connectivity index (χ1v) is 16.8. The smallest absolute Gasteiger partial charge is 0.138 e. The lowest BCUT2D eigenvalue weighted by Crippen LogP contribution is -2.69. The first-order valence-electron chi connectivity index (χ1n) is 16.8. The number of Topliss-reactive ketones (excluding diaryl/α,β-unsaturated/α-hetero) is 1. The predicted octanol–water partition coefficient (Wildman–Crippen LogP) is 8.47. The highest BCUT2D eigenvalue weighted by atomic mass is 16.5. The van der Waals surface area contributed by atoms with Gasteiger partial charge in [-0.2, -0.15) is 0 Å². The molecule has 5 saturated carbocycles. The SMILES string of the molecule is C=C1CCC(C)(C)[C@@]12CC[C@]1(C)[C@H](CC[C@@H]3[C@@]4(C)CCC(=O)C(C)(C)[C@@H]4[C@H](OCCN4CCCC4)C[C@]31C)C2. The Kier molecular flexibility index (Phi) is 6.68. The summed E-state index contributed by atoms with van der Waals surface area (Å²) in [4.78, 5) is 16.0. The fourth-order valence-electron chi connectivity index (χ4n) is 12.6. The number of ether oxygens (including phenoxy) is 1. The predicted molar refractivity (Wildman–Crippen MR) is 161 cm³/mol. The van der Waals surface area contributed by atoms with E-state index in [0.717, 1.165) is 38.3 Å². The van der Waals surface area contributed by atoms with Crippen LogP contribution in [0.5, 0.6) is 0 Å². The molecule has 5 aliphatic carbocycles. The molecule has 1 heterocycles. The first-order chi connectivity index (χ1) is 18.2. The maximum Gasteiger partial charge on any atom is 0.138 e. The van der Waals surface area contributed by atoms with Crippen molar-refractivity contribution in [3.8, 4) is 0 Å². The van der Waals surface area contributed by atoms with Gasteiger partial charge in [-0.15, -0.1) is 0 Å². The molecule has 6 fully saturated rings. The molecule has 1 saturated heterocycles. The number of likely N-dealkylation sites (tertiary alicyclic amines) is 1. The lowest BCUT2D eigenvalue weighted by molar-refractivity contribution is -0.259. The van der Waals surface area contributed by atoms with Crippen LogP contribution in [0.1, 0.15) is 126 Å². The van der Waals surface area contributed by atoms with Crippen LogP contribution in [0.4, 0.5) is 0 Å². The second-order valence-corrected chi connectivity index (χ2v) is 17.2. The van der Waals surface area contributed by atoms with Crippen molar-refractivity contribution in [2.24, 2.45) is 50.2 Å². The maximum atomic E-state index is 13.4. The number of fused-ring (bicyclic) bond motifs is 5. The molecule has 6 aliphatic rings. The fraction of sp³-hybridized carbons (Fsp3) is 0.917. The van der Waals surface area contributed by atoms with Gasteiger partial charge in [-0.05, 0) is 123 Å². The van der Waals surface area contributed by atoms with Crippen LogP contribution in [-0.4, -0.2) is 43.0 Å². The van der Waals surface area contributed by atoms with Crippen LogP contribution in [0.2, 0.25) is 0 Å². The van der Waals surface area contributed by atoms with Crippen LogP contribution in [0.25, 0.3) is 0 Å². The van der Waals surface area contributed by atoms with Crippen molar-refractivity contribution in [1.82, 2.24) is 4.90 Å².